The third-order valence-electron chi connectivity index (χ3n) is 3.28. The summed E-state index contributed by atoms with van der Waals surface area (Å²) < 4.78 is 50.7. The quantitative estimate of drug-likeness (QED) is 0.559. The minimum atomic E-state index is -4.45. The third kappa shape index (κ3) is 5.47. The van der Waals surface area contributed by atoms with Crippen molar-refractivity contribution >= 4 is 17.6 Å². The second kappa shape index (κ2) is 8.32. The number of nitrogens with one attached hydrogen (secondary N) is 3. The Morgan fingerprint density at radius 2 is 1.50 bits per heavy atom. The first kappa shape index (κ1) is 19.2. The molecular weight excluding hydrogens is 354 g/mol. The van der Waals surface area contributed by atoms with Crippen LogP contribution in [0.3, 0.4) is 0 Å². The van der Waals surface area contributed by atoms with Crippen molar-refractivity contribution < 1.29 is 27.2 Å². The lowest BCUT2D eigenvalue weighted by Crippen LogP contribution is -2.37. The predicted octanol–water partition coefficient (Wildman–Crippen LogP) is 3.40. The summed E-state index contributed by atoms with van der Waals surface area (Å²) in [5, 5.41) is 7.21. The number of hydrogen-bond donors (Lipinski definition) is 3. The third-order valence-corrected chi connectivity index (χ3v) is 3.28. The van der Waals surface area contributed by atoms with Gasteiger partial charge in [0.2, 0.25) is 0 Å². The van der Waals surface area contributed by atoms with E-state index in [1.165, 1.54) is 18.2 Å². The van der Waals surface area contributed by atoms with E-state index in [2.05, 4.69) is 16.0 Å². The smallest absolute Gasteiger partial charge is 0.350 e. The number of amides is 3. The van der Waals surface area contributed by atoms with Crippen molar-refractivity contribution in [2.45, 2.75) is 6.18 Å². The number of anilines is 1. The van der Waals surface area contributed by atoms with Gasteiger partial charge in [-0.25, -0.2) is 9.18 Å². The molecule has 3 amide bonds. The van der Waals surface area contributed by atoms with Crippen LogP contribution in [0.25, 0.3) is 0 Å². The van der Waals surface area contributed by atoms with E-state index in [0.717, 1.165) is 30.3 Å². The van der Waals surface area contributed by atoms with Gasteiger partial charge in [0, 0.05) is 18.8 Å². The molecule has 0 aromatic heterocycles. The van der Waals surface area contributed by atoms with Crippen molar-refractivity contribution in [1.82, 2.24) is 10.6 Å². The molecule has 0 aliphatic carbocycles. The van der Waals surface area contributed by atoms with Gasteiger partial charge in [-0.1, -0.05) is 12.1 Å². The summed E-state index contributed by atoms with van der Waals surface area (Å²) in [5.74, 6) is -1.27. The van der Waals surface area contributed by atoms with Crippen molar-refractivity contribution in [3.63, 3.8) is 0 Å². The minimum absolute atomic E-state index is 0.0483. The van der Waals surface area contributed by atoms with E-state index in [1.807, 2.05) is 0 Å². The summed E-state index contributed by atoms with van der Waals surface area (Å²) in [6.07, 6.45) is -4.45. The Bertz CT molecular complexity index is 776. The fraction of sp³-hybridized carbons (Fsp3) is 0.176. The van der Waals surface area contributed by atoms with Crippen molar-refractivity contribution in [1.29, 1.82) is 0 Å². The summed E-state index contributed by atoms with van der Waals surface area (Å²) in [6.45, 7) is 0.0975. The van der Waals surface area contributed by atoms with Crippen LogP contribution in [0, 0.1) is 5.82 Å². The summed E-state index contributed by atoms with van der Waals surface area (Å²) in [4.78, 5) is 23.4. The molecule has 3 N–H and O–H groups in total. The van der Waals surface area contributed by atoms with E-state index in [1.54, 1.807) is 0 Å². The highest BCUT2D eigenvalue weighted by molar-refractivity contribution is 5.94. The molecule has 26 heavy (non-hydrogen) atoms. The highest BCUT2D eigenvalue weighted by atomic mass is 19.4. The van der Waals surface area contributed by atoms with E-state index >= 15 is 0 Å². The van der Waals surface area contributed by atoms with Crippen LogP contribution in [0.5, 0.6) is 0 Å². The Morgan fingerprint density at radius 1 is 0.885 bits per heavy atom. The van der Waals surface area contributed by atoms with Crippen molar-refractivity contribution in [3.05, 3.63) is 65.5 Å². The van der Waals surface area contributed by atoms with Gasteiger partial charge in [-0.3, -0.25) is 4.79 Å². The average molecular weight is 369 g/mol. The molecule has 2 aromatic rings. The second-order valence-corrected chi connectivity index (χ2v) is 5.19. The molecule has 138 valence electrons. The lowest BCUT2D eigenvalue weighted by molar-refractivity contribution is -0.137. The number of hydrogen-bond acceptors (Lipinski definition) is 2. The van der Waals surface area contributed by atoms with Crippen LogP contribution in [0.4, 0.5) is 28.0 Å². The van der Waals surface area contributed by atoms with Crippen LogP contribution in [-0.2, 0) is 6.18 Å². The molecule has 0 atom stereocenters. The van der Waals surface area contributed by atoms with Crippen LogP contribution in [0.15, 0.2) is 48.5 Å². The molecule has 0 unspecified atom stereocenters. The zero-order valence-electron chi connectivity index (χ0n) is 13.4. The number of carbonyl (C=O) groups is 2. The van der Waals surface area contributed by atoms with Crippen LogP contribution in [-0.4, -0.2) is 25.0 Å². The van der Waals surface area contributed by atoms with Crippen molar-refractivity contribution in [2.75, 3.05) is 18.4 Å². The van der Waals surface area contributed by atoms with Gasteiger partial charge in [-0.2, -0.15) is 13.2 Å². The van der Waals surface area contributed by atoms with Crippen molar-refractivity contribution in [3.8, 4) is 0 Å². The standard InChI is InChI=1S/C17H15F4N3O2/c18-14-4-2-1-3-13(14)15(25)22-9-10-23-16(26)24-12-7-5-11(6-8-12)17(19,20)21/h1-8H,9-10H2,(H,22,25)(H2,23,24,26). The Hall–Kier alpha value is -3.10. The van der Waals surface area contributed by atoms with E-state index in [9.17, 15) is 27.2 Å². The van der Waals surface area contributed by atoms with Gasteiger partial charge in [0.15, 0.2) is 0 Å². The monoisotopic (exact) mass is 369 g/mol. The molecule has 0 saturated carbocycles. The minimum Gasteiger partial charge on any atom is -0.350 e. The molecule has 0 spiro atoms. The molecule has 0 fully saturated rings. The molecule has 0 heterocycles. The Morgan fingerprint density at radius 3 is 2.12 bits per heavy atom. The lowest BCUT2D eigenvalue weighted by Gasteiger charge is -2.10. The zero-order chi connectivity index (χ0) is 19.2. The highest BCUT2D eigenvalue weighted by Gasteiger charge is 2.29. The molecule has 0 radical (unpaired) electrons. The van der Waals surface area contributed by atoms with Gasteiger partial charge in [0.05, 0.1) is 11.1 Å². The van der Waals surface area contributed by atoms with E-state index in [-0.39, 0.29) is 24.3 Å². The summed E-state index contributed by atoms with van der Waals surface area (Å²) in [7, 11) is 0. The molecule has 2 aromatic carbocycles. The van der Waals surface area contributed by atoms with Gasteiger partial charge in [-0.15, -0.1) is 0 Å². The fourth-order valence-electron chi connectivity index (χ4n) is 2.01. The first-order valence-corrected chi connectivity index (χ1v) is 7.52. The molecule has 0 saturated heterocycles. The molecule has 0 bridgehead atoms. The molecule has 0 aliphatic rings. The number of carbonyl (C=O) groups excluding carboxylic acids is 2. The lowest BCUT2D eigenvalue weighted by atomic mass is 10.2. The summed E-state index contributed by atoms with van der Waals surface area (Å²) >= 11 is 0. The average Bonchev–Trinajstić information content (AvgIpc) is 2.58. The van der Waals surface area contributed by atoms with E-state index in [4.69, 9.17) is 0 Å². The first-order valence-electron chi connectivity index (χ1n) is 7.52. The zero-order valence-corrected chi connectivity index (χ0v) is 13.4. The van der Waals surface area contributed by atoms with Crippen LogP contribution >= 0.6 is 0 Å². The maximum absolute atomic E-state index is 13.4. The number of halogens is 4. The van der Waals surface area contributed by atoms with Gasteiger partial charge in [0.1, 0.15) is 5.82 Å². The molecule has 9 heteroatoms. The van der Waals surface area contributed by atoms with Gasteiger partial charge in [0.25, 0.3) is 5.91 Å². The predicted molar refractivity (Wildman–Crippen MR) is 87.2 cm³/mol. The summed E-state index contributed by atoms with van der Waals surface area (Å²) in [5.41, 5.74) is -0.744. The normalized spacial score (nSPS) is 10.9. The molecule has 2 rings (SSSR count). The van der Waals surface area contributed by atoms with Crippen LogP contribution in [0.1, 0.15) is 15.9 Å². The summed E-state index contributed by atoms with van der Waals surface area (Å²) in [6, 6.07) is 8.77. The number of alkyl halides is 3. The fourth-order valence-corrected chi connectivity index (χ4v) is 2.01. The Balaban J connectivity index is 1.74. The Labute approximate surface area is 146 Å². The Kier molecular flexibility index (Phi) is 6.16. The van der Waals surface area contributed by atoms with Gasteiger partial charge >= 0.3 is 12.2 Å². The molecule has 0 aliphatic heterocycles. The first-order chi connectivity index (χ1) is 12.3. The van der Waals surface area contributed by atoms with E-state index < -0.39 is 29.5 Å². The topological polar surface area (TPSA) is 70.2 Å². The number of benzene rings is 2. The highest BCUT2D eigenvalue weighted by Crippen LogP contribution is 2.29. The van der Waals surface area contributed by atoms with Gasteiger partial charge in [-0.05, 0) is 36.4 Å². The van der Waals surface area contributed by atoms with Gasteiger partial charge < -0.3 is 16.0 Å². The van der Waals surface area contributed by atoms with Crippen LogP contribution < -0.4 is 16.0 Å². The second-order valence-electron chi connectivity index (χ2n) is 5.19. The maximum Gasteiger partial charge on any atom is 0.416 e. The van der Waals surface area contributed by atoms with E-state index in [0.29, 0.717) is 0 Å². The maximum atomic E-state index is 13.4. The number of rotatable bonds is 5. The molecule has 5 nitrogen and oxygen atoms in total. The largest absolute Gasteiger partial charge is 0.416 e. The van der Waals surface area contributed by atoms with Crippen molar-refractivity contribution in [2.24, 2.45) is 0 Å². The molecular formula is C17H15F4N3O2. The SMILES string of the molecule is O=C(NCCNC(=O)c1ccccc1F)Nc1ccc(C(F)(F)F)cc1. The van der Waals surface area contributed by atoms with Crippen LogP contribution in [0.2, 0.25) is 0 Å². The number of urea groups is 1.